The molecule has 0 saturated heterocycles. The number of hydrogen-bond donors (Lipinski definition) is 2. The van der Waals surface area contributed by atoms with Crippen LogP contribution in [0.5, 0.6) is 0 Å². The molecule has 0 bridgehead atoms. The average Bonchev–Trinajstić information content (AvgIpc) is 2.78. The van der Waals surface area contributed by atoms with E-state index in [-0.39, 0.29) is 12.3 Å². The van der Waals surface area contributed by atoms with Crippen molar-refractivity contribution in [1.29, 1.82) is 0 Å². The second kappa shape index (κ2) is 4.02. The summed E-state index contributed by atoms with van der Waals surface area (Å²) in [7, 11) is 0. The summed E-state index contributed by atoms with van der Waals surface area (Å²) in [6, 6.07) is 7.57. The van der Waals surface area contributed by atoms with Crippen molar-refractivity contribution in [2.45, 2.75) is 0 Å². The Kier molecular flexibility index (Phi) is 2.36. The largest absolute Gasteiger partial charge is 0.384 e. The number of aliphatic hydroxyl groups excluding tert-OH is 1. The van der Waals surface area contributed by atoms with Gasteiger partial charge in [0.1, 0.15) is 6.61 Å². The third-order valence-electron chi connectivity index (χ3n) is 2.72. The molecule has 0 aliphatic carbocycles. The number of nitrogens with one attached hydrogen (secondary N) is 1. The molecule has 3 rings (SSSR count). The van der Waals surface area contributed by atoms with Crippen molar-refractivity contribution in [2.75, 3.05) is 6.61 Å². The fourth-order valence-corrected chi connectivity index (χ4v) is 1.96. The van der Waals surface area contributed by atoms with Crippen LogP contribution in [0, 0.1) is 11.8 Å². The lowest BCUT2D eigenvalue weighted by Gasteiger charge is -2.02. The Bertz CT molecular complexity index is 849. The molecule has 2 N–H and O–H groups in total. The number of aliphatic hydroxyl groups is 1. The zero-order valence-corrected chi connectivity index (χ0v) is 9.34. The maximum Gasteiger partial charge on any atom is 0.347 e. The van der Waals surface area contributed by atoms with Gasteiger partial charge in [0.2, 0.25) is 0 Å². The van der Waals surface area contributed by atoms with Crippen molar-refractivity contribution in [1.82, 2.24) is 14.6 Å². The summed E-state index contributed by atoms with van der Waals surface area (Å²) in [6.45, 7) is -0.216. The summed E-state index contributed by atoms with van der Waals surface area (Å²) in [5.41, 5.74) is 0.962. The number of aromatic amines is 1. The molecular formula is C13H9N3O2. The van der Waals surface area contributed by atoms with E-state index in [0.29, 0.717) is 11.2 Å². The molecule has 0 fully saturated rings. The molecule has 0 aliphatic rings. The van der Waals surface area contributed by atoms with Crippen molar-refractivity contribution in [3.8, 4) is 11.8 Å². The Morgan fingerprint density at radius 1 is 1.33 bits per heavy atom. The Balaban J connectivity index is 2.52. The van der Waals surface area contributed by atoms with Gasteiger partial charge in [0.25, 0.3) is 0 Å². The molecule has 5 nitrogen and oxygen atoms in total. The lowest BCUT2D eigenvalue weighted by Crippen LogP contribution is -2.09. The van der Waals surface area contributed by atoms with Crippen molar-refractivity contribution in [2.24, 2.45) is 0 Å². The second-order valence-corrected chi connectivity index (χ2v) is 3.77. The van der Waals surface area contributed by atoms with Gasteiger partial charge < -0.3 is 5.11 Å². The van der Waals surface area contributed by atoms with E-state index in [2.05, 4.69) is 22.0 Å². The van der Waals surface area contributed by atoms with Gasteiger partial charge in [0.05, 0.1) is 0 Å². The minimum absolute atomic E-state index is 0.216. The number of aromatic nitrogens is 3. The Hall–Kier alpha value is -2.58. The van der Waals surface area contributed by atoms with Crippen molar-refractivity contribution >= 4 is 16.4 Å². The minimum Gasteiger partial charge on any atom is -0.384 e. The molecule has 2 aromatic heterocycles. The van der Waals surface area contributed by atoms with E-state index < -0.39 is 0 Å². The molecule has 2 heterocycles. The molecule has 88 valence electrons. The quantitative estimate of drug-likeness (QED) is 0.562. The Morgan fingerprint density at radius 3 is 2.89 bits per heavy atom. The number of pyridine rings is 1. The first-order valence-corrected chi connectivity index (χ1v) is 5.39. The normalized spacial score (nSPS) is 10.5. The van der Waals surface area contributed by atoms with Crippen LogP contribution in [-0.4, -0.2) is 26.3 Å². The van der Waals surface area contributed by atoms with Gasteiger partial charge in [0.15, 0.2) is 5.65 Å². The zero-order chi connectivity index (χ0) is 12.5. The van der Waals surface area contributed by atoms with Crippen molar-refractivity contribution in [3.63, 3.8) is 0 Å². The first-order chi connectivity index (χ1) is 8.81. The molecule has 0 atom stereocenters. The maximum absolute atomic E-state index is 11.6. The van der Waals surface area contributed by atoms with Gasteiger partial charge in [0, 0.05) is 22.5 Å². The predicted octanol–water partition coefficient (Wildman–Crippen LogP) is 0.520. The molecular weight excluding hydrogens is 230 g/mol. The van der Waals surface area contributed by atoms with E-state index in [0.717, 1.165) is 10.8 Å². The van der Waals surface area contributed by atoms with E-state index in [9.17, 15) is 4.79 Å². The molecule has 0 amide bonds. The molecule has 1 aromatic carbocycles. The number of rotatable bonds is 0. The highest BCUT2D eigenvalue weighted by atomic mass is 16.2. The van der Waals surface area contributed by atoms with Crippen LogP contribution >= 0.6 is 0 Å². The van der Waals surface area contributed by atoms with E-state index in [4.69, 9.17) is 5.11 Å². The summed E-state index contributed by atoms with van der Waals surface area (Å²) in [6.07, 6.45) is 1.63. The monoisotopic (exact) mass is 239 g/mol. The number of benzene rings is 1. The SMILES string of the molecule is O=c1[nH]nc2c3ccccc3c(C#CCO)cn12. The Labute approximate surface area is 102 Å². The van der Waals surface area contributed by atoms with Crippen LogP contribution in [0.15, 0.2) is 35.3 Å². The average molecular weight is 239 g/mol. The number of H-pyrrole nitrogens is 1. The summed E-state index contributed by atoms with van der Waals surface area (Å²) in [5, 5.41) is 16.9. The third kappa shape index (κ3) is 1.48. The smallest absolute Gasteiger partial charge is 0.347 e. The first kappa shape index (κ1) is 10.6. The maximum atomic E-state index is 11.6. The molecule has 18 heavy (non-hydrogen) atoms. The fraction of sp³-hybridized carbons (Fsp3) is 0.0769. The lowest BCUT2D eigenvalue weighted by molar-refractivity contribution is 0.350. The first-order valence-electron chi connectivity index (χ1n) is 5.39. The van der Waals surface area contributed by atoms with E-state index in [1.165, 1.54) is 4.40 Å². The van der Waals surface area contributed by atoms with Gasteiger partial charge in [-0.05, 0) is 0 Å². The van der Waals surface area contributed by atoms with Gasteiger partial charge in [-0.2, -0.15) is 5.10 Å². The predicted molar refractivity (Wildman–Crippen MR) is 67.3 cm³/mol. The molecule has 0 unspecified atom stereocenters. The highest BCUT2D eigenvalue weighted by Crippen LogP contribution is 2.20. The second-order valence-electron chi connectivity index (χ2n) is 3.77. The molecule has 0 spiro atoms. The van der Waals surface area contributed by atoms with Crippen molar-refractivity contribution < 1.29 is 5.11 Å². The summed E-state index contributed by atoms with van der Waals surface area (Å²) in [5.74, 6) is 5.44. The number of fused-ring (bicyclic) bond motifs is 3. The number of nitrogens with zero attached hydrogens (tertiary/aromatic N) is 2. The van der Waals surface area contributed by atoms with Crippen LogP contribution in [-0.2, 0) is 0 Å². The van der Waals surface area contributed by atoms with E-state index >= 15 is 0 Å². The Morgan fingerprint density at radius 2 is 2.11 bits per heavy atom. The van der Waals surface area contributed by atoms with E-state index in [1.54, 1.807) is 6.20 Å². The van der Waals surface area contributed by atoms with Crippen LogP contribution in [0.4, 0.5) is 0 Å². The van der Waals surface area contributed by atoms with Gasteiger partial charge >= 0.3 is 5.69 Å². The molecule has 3 aromatic rings. The van der Waals surface area contributed by atoms with Crippen LogP contribution in [0.1, 0.15) is 5.56 Å². The highest BCUT2D eigenvalue weighted by molar-refractivity contribution is 5.97. The van der Waals surface area contributed by atoms with Gasteiger partial charge in [-0.25, -0.2) is 14.3 Å². The van der Waals surface area contributed by atoms with Crippen LogP contribution in [0.2, 0.25) is 0 Å². The van der Waals surface area contributed by atoms with Gasteiger partial charge in [-0.15, -0.1) is 0 Å². The molecule has 0 aliphatic heterocycles. The molecule has 0 radical (unpaired) electrons. The van der Waals surface area contributed by atoms with Gasteiger partial charge in [-0.1, -0.05) is 36.1 Å². The minimum atomic E-state index is -0.303. The van der Waals surface area contributed by atoms with Gasteiger partial charge in [-0.3, -0.25) is 0 Å². The third-order valence-corrected chi connectivity index (χ3v) is 2.72. The summed E-state index contributed by atoms with van der Waals surface area (Å²) < 4.78 is 1.42. The van der Waals surface area contributed by atoms with Crippen molar-refractivity contribution in [3.05, 3.63) is 46.5 Å². The standard InChI is InChI=1S/C13H9N3O2/c17-7-3-4-9-8-16-12(14-15-13(16)18)11-6-2-1-5-10(9)11/h1-2,5-6,8,17H,7H2,(H,15,18). The zero-order valence-electron chi connectivity index (χ0n) is 9.34. The lowest BCUT2D eigenvalue weighted by atomic mass is 10.1. The molecule has 5 heteroatoms. The van der Waals surface area contributed by atoms with Crippen LogP contribution in [0.25, 0.3) is 16.4 Å². The fourth-order valence-electron chi connectivity index (χ4n) is 1.96. The van der Waals surface area contributed by atoms with Crippen LogP contribution in [0.3, 0.4) is 0 Å². The summed E-state index contributed by atoms with van der Waals surface area (Å²) >= 11 is 0. The highest BCUT2D eigenvalue weighted by Gasteiger charge is 2.08. The topological polar surface area (TPSA) is 70.4 Å². The number of hydrogen-bond acceptors (Lipinski definition) is 3. The molecule has 0 saturated carbocycles. The summed E-state index contributed by atoms with van der Waals surface area (Å²) in [4.78, 5) is 11.6. The van der Waals surface area contributed by atoms with Crippen LogP contribution < -0.4 is 5.69 Å². The van der Waals surface area contributed by atoms with E-state index in [1.807, 2.05) is 24.3 Å².